The highest BCUT2D eigenvalue weighted by Crippen LogP contribution is 2.64. The summed E-state index contributed by atoms with van der Waals surface area (Å²) in [6.07, 6.45) is 11.2. The molecule has 3 nitrogen and oxygen atoms in total. The van der Waals surface area contributed by atoms with Gasteiger partial charge in [-0.3, -0.25) is 4.79 Å². The van der Waals surface area contributed by atoms with Crippen LogP contribution in [0.25, 0.3) is 0 Å². The Labute approximate surface area is 153 Å². The average molecular weight is 349 g/mol. The Balaban J connectivity index is 1.52. The van der Waals surface area contributed by atoms with Gasteiger partial charge in [-0.05, 0) is 95.3 Å². The zero-order valence-corrected chi connectivity index (χ0v) is 16.6. The number of rotatable bonds is 5. The maximum atomic E-state index is 12.5. The third kappa shape index (κ3) is 2.95. The molecule has 25 heavy (non-hydrogen) atoms. The Morgan fingerprint density at radius 3 is 2.72 bits per heavy atom. The summed E-state index contributed by atoms with van der Waals surface area (Å²) in [6.45, 7) is 7.91. The molecule has 5 aliphatic carbocycles. The molecular formula is C22H36O3. The molecule has 3 heteroatoms. The monoisotopic (exact) mass is 348 g/mol. The van der Waals surface area contributed by atoms with Crippen molar-refractivity contribution in [3.63, 3.8) is 0 Å². The fourth-order valence-corrected chi connectivity index (χ4v) is 6.83. The highest BCUT2D eigenvalue weighted by Gasteiger charge is 2.60. The van der Waals surface area contributed by atoms with E-state index >= 15 is 0 Å². The van der Waals surface area contributed by atoms with Crippen LogP contribution in [-0.2, 0) is 14.3 Å². The summed E-state index contributed by atoms with van der Waals surface area (Å²) in [5.74, 6) is 4.11. The fourth-order valence-electron chi connectivity index (χ4n) is 6.83. The lowest BCUT2D eigenvalue weighted by atomic mass is 9.51. The highest BCUT2D eigenvalue weighted by atomic mass is 16.7. The lowest BCUT2D eigenvalue weighted by molar-refractivity contribution is -0.264. The summed E-state index contributed by atoms with van der Waals surface area (Å²) in [6, 6.07) is 0. The standard InChI is InChI=1S/C22H36O3/c1-5-21(3,4)20(23)24-14(2)25-22-12-15-9-10-18-17(16(11-15)13-22)7-6-8-19(18)22/h14-19H,5-13H2,1-4H3. The molecule has 0 spiro atoms. The van der Waals surface area contributed by atoms with Gasteiger partial charge in [-0.25, -0.2) is 0 Å². The van der Waals surface area contributed by atoms with Gasteiger partial charge < -0.3 is 9.47 Å². The fraction of sp³-hybridized carbons (Fsp3) is 0.955. The second-order valence-corrected chi connectivity index (χ2v) is 10.1. The smallest absolute Gasteiger partial charge is 0.313 e. The minimum absolute atomic E-state index is 0.0122. The minimum Gasteiger partial charge on any atom is -0.436 e. The first kappa shape index (κ1) is 17.8. The van der Waals surface area contributed by atoms with Crippen LogP contribution in [0.5, 0.6) is 0 Å². The summed E-state index contributed by atoms with van der Waals surface area (Å²) in [5.41, 5.74) is -0.437. The summed E-state index contributed by atoms with van der Waals surface area (Å²) in [4.78, 5) is 12.5. The second kappa shape index (κ2) is 6.25. The number of hydrogen-bond acceptors (Lipinski definition) is 3. The van der Waals surface area contributed by atoms with Crippen LogP contribution < -0.4 is 0 Å². The van der Waals surface area contributed by atoms with Gasteiger partial charge in [-0.15, -0.1) is 0 Å². The van der Waals surface area contributed by atoms with Gasteiger partial charge in [0.25, 0.3) is 0 Å². The van der Waals surface area contributed by atoms with Gasteiger partial charge in [0.2, 0.25) is 6.29 Å². The largest absolute Gasteiger partial charge is 0.436 e. The van der Waals surface area contributed by atoms with E-state index in [1.165, 1.54) is 51.4 Å². The normalized spacial score (nSPS) is 43.6. The predicted octanol–water partition coefficient (Wildman–Crippen LogP) is 5.32. The molecule has 0 aromatic rings. The lowest BCUT2D eigenvalue weighted by Gasteiger charge is -2.59. The van der Waals surface area contributed by atoms with Crippen molar-refractivity contribution in [3.05, 3.63) is 0 Å². The number of esters is 1. The summed E-state index contributed by atoms with van der Waals surface area (Å²) in [7, 11) is 0. The molecule has 0 saturated heterocycles. The molecule has 0 N–H and O–H groups in total. The topological polar surface area (TPSA) is 35.5 Å². The van der Waals surface area contributed by atoms with E-state index in [1.54, 1.807) is 0 Å². The van der Waals surface area contributed by atoms with Crippen molar-refractivity contribution in [2.45, 2.75) is 97.4 Å². The molecule has 5 rings (SSSR count). The van der Waals surface area contributed by atoms with Crippen molar-refractivity contribution in [3.8, 4) is 0 Å². The van der Waals surface area contributed by atoms with Crippen molar-refractivity contribution in [1.82, 2.24) is 0 Å². The van der Waals surface area contributed by atoms with Crippen molar-refractivity contribution < 1.29 is 14.3 Å². The van der Waals surface area contributed by atoms with E-state index in [2.05, 4.69) is 0 Å². The van der Waals surface area contributed by atoms with Gasteiger partial charge in [0, 0.05) is 0 Å². The summed E-state index contributed by atoms with van der Waals surface area (Å²) in [5, 5.41) is 0. The zero-order valence-electron chi connectivity index (χ0n) is 16.6. The first-order valence-electron chi connectivity index (χ1n) is 10.7. The van der Waals surface area contributed by atoms with Crippen LogP contribution in [0.2, 0.25) is 0 Å². The number of fused-ring (bicyclic) bond motifs is 1. The van der Waals surface area contributed by atoms with Crippen molar-refractivity contribution >= 4 is 5.97 Å². The Hall–Kier alpha value is -0.570. The van der Waals surface area contributed by atoms with E-state index in [4.69, 9.17) is 9.47 Å². The second-order valence-electron chi connectivity index (χ2n) is 10.1. The van der Waals surface area contributed by atoms with Crippen molar-refractivity contribution in [2.75, 3.05) is 0 Å². The van der Waals surface area contributed by atoms with Crippen LogP contribution in [0.4, 0.5) is 0 Å². The van der Waals surface area contributed by atoms with Crippen LogP contribution in [0.3, 0.4) is 0 Å². The van der Waals surface area contributed by atoms with Gasteiger partial charge in [-0.1, -0.05) is 19.8 Å². The Morgan fingerprint density at radius 2 is 1.96 bits per heavy atom. The molecule has 5 fully saturated rings. The maximum absolute atomic E-state index is 12.5. The van der Waals surface area contributed by atoms with E-state index in [1.807, 2.05) is 27.7 Å². The zero-order chi connectivity index (χ0) is 17.8. The molecule has 0 amide bonds. The third-order valence-electron chi connectivity index (χ3n) is 8.30. The summed E-state index contributed by atoms with van der Waals surface area (Å²) >= 11 is 0. The Morgan fingerprint density at radius 1 is 1.16 bits per heavy atom. The number of carbonyl (C=O) groups is 1. The predicted molar refractivity (Wildman–Crippen MR) is 97.8 cm³/mol. The Bertz CT molecular complexity index is 527. The molecule has 7 unspecified atom stereocenters. The van der Waals surface area contributed by atoms with Gasteiger partial charge in [-0.2, -0.15) is 0 Å². The van der Waals surface area contributed by atoms with Crippen LogP contribution in [0, 0.1) is 35.0 Å². The maximum Gasteiger partial charge on any atom is 0.313 e. The van der Waals surface area contributed by atoms with Crippen LogP contribution in [0.1, 0.15) is 85.5 Å². The molecule has 5 saturated carbocycles. The quantitative estimate of drug-likeness (QED) is 0.498. The van der Waals surface area contributed by atoms with Crippen LogP contribution in [0.15, 0.2) is 0 Å². The lowest BCUT2D eigenvalue weighted by Crippen LogP contribution is -2.58. The number of ether oxygens (including phenoxy) is 2. The number of hydrogen-bond donors (Lipinski definition) is 0. The van der Waals surface area contributed by atoms with E-state index in [0.29, 0.717) is 5.92 Å². The minimum atomic E-state index is -0.425. The molecule has 0 aliphatic heterocycles. The molecule has 0 heterocycles. The number of carbonyl (C=O) groups excluding carboxylic acids is 1. The molecule has 0 aromatic heterocycles. The van der Waals surface area contributed by atoms with Gasteiger partial charge >= 0.3 is 5.97 Å². The van der Waals surface area contributed by atoms with Gasteiger partial charge in [0.15, 0.2) is 0 Å². The van der Waals surface area contributed by atoms with E-state index in [-0.39, 0.29) is 11.6 Å². The van der Waals surface area contributed by atoms with Crippen molar-refractivity contribution in [2.24, 2.45) is 35.0 Å². The van der Waals surface area contributed by atoms with E-state index in [0.717, 1.165) is 30.1 Å². The SMILES string of the molecule is CCC(C)(C)C(=O)OC(C)OC12CC3CCC4C(CCCC41)C(C3)C2. The highest BCUT2D eigenvalue weighted by molar-refractivity contribution is 5.75. The first-order chi connectivity index (χ1) is 11.8. The molecule has 5 aliphatic rings. The summed E-state index contributed by atoms with van der Waals surface area (Å²) < 4.78 is 12.4. The molecule has 7 atom stereocenters. The first-order valence-corrected chi connectivity index (χ1v) is 10.7. The van der Waals surface area contributed by atoms with E-state index < -0.39 is 11.7 Å². The average Bonchev–Trinajstić information content (AvgIpc) is 2.77. The van der Waals surface area contributed by atoms with Crippen LogP contribution in [-0.4, -0.2) is 17.9 Å². The Kier molecular flexibility index (Phi) is 4.46. The molecule has 6 bridgehead atoms. The third-order valence-corrected chi connectivity index (χ3v) is 8.30. The molecule has 0 radical (unpaired) electrons. The van der Waals surface area contributed by atoms with Crippen LogP contribution >= 0.6 is 0 Å². The van der Waals surface area contributed by atoms with Gasteiger partial charge in [0.1, 0.15) is 0 Å². The van der Waals surface area contributed by atoms with Gasteiger partial charge in [0.05, 0.1) is 11.0 Å². The molecular weight excluding hydrogens is 312 g/mol. The molecule has 0 aromatic carbocycles. The van der Waals surface area contributed by atoms with Crippen molar-refractivity contribution in [1.29, 1.82) is 0 Å². The van der Waals surface area contributed by atoms with E-state index in [9.17, 15) is 4.79 Å². The molecule has 142 valence electrons.